The molecule has 2 heterocycles. The van der Waals surface area contributed by atoms with Crippen LogP contribution in [0.4, 0.5) is 5.88 Å². The van der Waals surface area contributed by atoms with Gasteiger partial charge in [0.2, 0.25) is 5.88 Å². The van der Waals surface area contributed by atoms with Gasteiger partial charge in [0.15, 0.2) is 5.76 Å². The first-order valence-corrected chi connectivity index (χ1v) is 13.1. The summed E-state index contributed by atoms with van der Waals surface area (Å²) in [6.07, 6.45) is 2.77. The number of aromatic nitrogens is 2. The molecule has 9 nitrogen and oxygen atoms in total. The Balaban J connectivity index is 1.76. The van der Waals surface area contributed by atoms with Gasteiger partial charge in [-0.05, 0) is 24.5 Å². The standard InChI is InChI=1S/C26H29N3O6S/c1-4-21-23(5-2)28-35-26(21)29(18-33-17-16-32-3)36(30,31)25-9-7-6-8-22(25)19-10-12-20(13-11-19)24-14-15-27-34-24/h6-15H,4-5,16-18H2,1-3H3. The molecule has 0 aliphatic rings. The highest BCUT2D eigenvalue weighted by Gasteiger charge is 2.33. The lowest BCUT2D eigenvalue weighted by molar-refractivity contribution is 0.0744. The molecule has 0 saturated heterocycles. The highest BCUT2D eigenvalue weighted by Crippen LogP contribution is 2.35. The molecule has 4 aromatic rings. The zero-order chi connectivity index (χ0) is 25.5. The van der Waals surface area contributed by atoms with Gasteiger partial charge in [0.05, 0.1) is 30.0 Å². The summed E-state index contributed by atoms with van der Waals surface area (Å²) in [5.41, 5.74) is 3.59. The molecule has 36 heavy (non-hydrogen) atoms. The van der Waals surface area contributed by atoms with E-state index >= 15 is 0 Å². The smallest absolute Gasteiger partial charge is 0.269 e. The molecular weight excluding hydrogens is 482 g/mol. The van der Waals surface area contributed by atoms with Crippen molar-refractivity contribution in [3.05, 3.63) is 72.1 Å². The molecule has 0 radical (unpaired) electrons. The summed E-state index contributed by atoms with van der Waals surface area (Å²) in [4.78, 5) is 0.129. The van der Waals surface area contributed by atoms with Crippen LogP contribution in [0.2, 0.25) is 0 Å². The van der Waals surface area contributed by atoms with E-state index in [9.17, 15) is 8.42 Å². The zero-order valence-electron chi connectivity index (χ0n) is 20.5. The Morgan fingerprint density at radius 1 is 0.917 bits per heavy atom. The molecule has 2 aromatic carbocycles. The summed E-state index contributed by atoms with van der Waals surface area (Å²) in [6.45, 7) is 4.21. The highest BCUT2D eigenvalue weighted by molar-refractivity contribution is 7.93. The van der Waals surface area contributed by atoms with Crippen molar-refractivity contribution in [1.82, 2.24) is 10.3 Å². The van der Waals surface area contributed by atoms with Crippen molar-refractivity contribution in [1.29, 1.82) is 0 Å². The number of benzene rings is 2. The van der Waals surface area contributed by atoms with Gasteiger partial charge in [0, 0.05) is 29.9 Å². The molecule has 0 saturated carbocycles. The SMILES string of the molecule is CCc1noc(N(COCCOC)S(=O)(=O)c2ccccc2-c2ccc(-c3ccno3)cc2)c1CC. The normalized spacial score (nSPS) is 11.6. The molecule has 0 unspecified atom stereocenters. The Hall–Kier alpha value is -3.47. The van der Waals surface area contributed by atoms with Crippen LogP contribution in [0.1, 0.15) is 25.1 Å². The first kappa shape index (κ1) is 25.6. The number of sulfonamides is 1. The van der Waals surface area contributed by atoms with Crippen molar-refractivity contribution in [2.24, 2.45) is 0 Å². The minimum atomic E-state index is -4.10. The minimum Gasteiger partial charge on any atom is -0.382 e. The van der Waals surface area contributed by atoms with Crippen molar-refractivity contribution in [2.75, 3.05) is 31.4 Å². The lowest BCUT2D eigenvalue weighted by atomic mass is 10.0. The maximum Gasteiger partial charge on any atom is 0.269 e. The number of nitrogens with zero attached hydrogens (tertiary/aromatic N) is 3. The van der Waals surface area contributed by atoms with E-state index in [1.54, 1.807) is 43.6 Å². The number of hydrogen-bond acceptors (Lipinski definition) is 8. The van der Waals surface area contributed by atoms with Crippen LogP contribution >= 0.6 is 0 Å². The zero-order valence-corrected chi connectivity index (χ0v) is 21.3. The minimum absolute atomic E-state index is 0.129. The first-order valence-electron chi connectivity index (χ1n) is 11.7. The van der Waals surface area contributed by atoms with Gasteiger partial charge in [-0.1, -0.05) is 66.6 Å². The topological polar surface area (TPSA) is 108 Å². The van der Waals surface area contributed by atoms with Gasteiger partial charge in [0.25, 0.3) is 10.0 Å². The fourth-order valence-corrected chi connectivity index (χ4v) is 5.44. The fourth-order valence-electron chi connectivity index (χ4n) is 3.92. The largest absolute Gasteiger partial charge is 0.382 e. The van der Waals surface area contributed by atoms with E-state index in [0.29, 0.717) is 30.8 Å². The van der Waals surface area contributed by atoms with E-state index in [1.165, 1.54) is 0 Å². The van der Waals surface area contributed by atoms with E-state index in [0.717, 1.165) is 26.7 Å². The van der Waals surface area contributed by atoms with Gasteiger partial charge < -0.3 is 18.5 Å². The van der Waals surface area contributed by atoms with E-state index < -0.39 is 10.0 Å². The molecule has 2 aromatic heterocycles. The number of rotatable bonds is 12. The average Bonchev–Trinajstić information content (AvgIpc) is 3.59. The van der Waals surface area contributed by atoms with Gasteiger partial charge in [-0.15, -0.1) is 0 Å². The van der Waals surface area contributed by atoms with Crippen molar-refractivity contribution in [3.63, 3.8) is 0 Å². The van der Waals surface area contributed by atoms with Gasteiger partial charge in [-0.3, -0.25) is 0 Å². The Morgan fingerprint density at radius 2 is 1.67 bits per heavy atom. The highest BCUT2D eigenvalue weighted by atomic mass is 32.2. The van der Waals surface area contributed by atoms with Gasteiger partial charge in [-0.2, -0.15) is 0 Å². The van der Waals surface area contributed by atoms with Crippen molar-refractivity contribution in [2.45, 2.75) is 31.6 Å². The molecule has 0 spiro atoms. The molecule has 10 heteroatoms. The van der Waals surface area contributed by atoms with Gasteiger partial charge in [0.1, 0.15) is 6.73 Å². The molecule has 4 rings (SSSR count). The molecule has 0 atom stereocenters. The number of aryl methyl sites for hydroxylation is 1. The Kier molecular flexibility index (Phi) is 8.19. The molecular formula is C26H29N3O6S. The van der Waals surface area contributed by atoms with Gasteiger partial charge in [-0.25, -0.2) is 12.7 Å². The number of hydrogen-bond donors (Lipinski definition) is 0. The second-order valence-electron chi connectivity index (χ2n) is 7.95. The van der Waals surface area contributed by atoms with Crippen LogP contribution < -0.4 is 4.31 Å². The Bertz CT molecular complexity index is 1370. The number of methoxy groups -OCH3 is 1. The van der Waals surface area contributed by atoms with E-state index in [2.05, 4.69) is 10.3 Å². The second-order valence-corrected chi connectivity index (χ2v) is 9.78. The molecule has 0 fully saturated rings. The Labute approximate surface area is 210 Å². The van der Waals surface area contributed by atoms with E-state index in [1.807, 2.05) is 38.1 Å². The van der Waals surface area contributed by atoms with Crippen LogP contribution in [0.25, 0.3) is 22.5 Å². The van der Waals surface area contributed by atoms with Crippen molar-refractivity contribution < 1.29 is 26.9 Å². The maximum atomic E-state index is 14.1. The molecule has 0 amide bonds. The molecule has 190 valence electrons. The fraction of sp³-hybridized carbons (Fsp3) is 0.308. The predicted octanol–water partition coefficient (Wildman–Crippen LogP) is 4.94. The third-order valence-electron chi connectivity index (χ3n) is 5.78. The van der Waals surface area contributed by atoms with Crippen LogP contribution in [-0.2, 0) is 32.3 Å². The summed E-state index contributed by atoms with van der Waals surface area (Å²) in [7, 11) is -2.54. The van der Waals surface area contributed by atoms with E-state index in [4.69, 9.17) is 18.5 Å². The summed E-state index contributed by atoms with van der Waals surface area (Å²) in [5, 5.41) is 7.86. The summed E-state index contributed by atoms with van der Waals surface area (Å²) in [6, 6.07) is 16.1. The van der Waals surface area contributed by atoms with Crippen molar-refractivity contribution >= 4 is 15.9 Å². The van der Waals surface area contributed by atoms with Gasteiger partial charge >= 0.3 is 0 Å². The maximum absolute atomic E-state index is 14.1. The molecule has 0 N–H and O–H groups in total. The third kappa shape index (κ3) is 5.20. The molecule has 0 aliphatic carbocycles. The van der Waals surface area contributed by atoms with Crippen LogP contribution in [0, 0.1) is 0 Å². The quantitative estimate of drug-likeness (QED) is 0.194. The van der Waals surface area contributed by atoms with Crippen LogP contribution in [0.5, 0.6) is 0 Å². The van der Waals surface area contributed by atoms with Crippen LogP contribution in [-0.4, -0.2) is 45.8 Å². The van der Waals surface area contributed by atoms with Crippen LogP contribution in [0.3, 0.4) is 0 Å². The summed E-state index contributed by atoms with van der Waals surface area (Å²) >= 11 is 0. The van der Waals surface area contributed by atoms with Crippen LogP contribution in [0.15, 0.2) is 74.7 Å². The monoisotopic (exact) mass is 511 g/mol. The predicted molar refractivity (Wildman–Crippen MR) is 135 cm³/mol. The molecule has 0 bridgehead atoms. The van der Waals surface area contributed by atoms with Crippen molar-refractivity contribution in [3.8, 4) is 22.5 Å². The average molecular weight is 512 g/mol. The first-order chi connectivity index (χ1) is 17.5. The molecule has 0 aliphatic heterocycles. The van der Waals surface area contributed by atoms with E-state index in [-0.39, 0.29) is 24.1 Å². The summed E-state index contributed by atoms with van der Waals surface area (Å²) < 4.78 is 50.9. The number of ether oxygens (including phenoxy) is 2. The number of anilines is 1. The lowest BCUT2D eigenvalue weighted by Crippen LogP contribution is -2.34. The summed E-state index contributed by atoms with van der Waals surface area (Å²) in [5.74, 6) is 0.799. The third-order valence-corrected chi connectivity index (χ3v) is 7.54. The Morgan fingerprint density at radius 3 is 2.33 bits per heavy atom. The lowest BCUT2D eigenvalue weighted by Gasteiger charge is -2.23. The second kappa shape index (κ2) is 11.5.